The molecule has 2 fully saturated rings. The van der Waals surface area contributed by atoms with Gasteiger partial charge in [0.25, 0.3) is 0 Å². The van der Waals surface area contributed by atoms with Gasteiger partial charge in [0, 0.05) is 38.2 Å². The van der Waals surface area contributed by atoms with Crippen LogP contribution < -0.4 is 5.32 Å². The minimum absolute atomic E-state index is 0.0103. The summed E-state index contributed by atoms with van der Waals surface area (Å²) in [6.45, 7) is 1.28. The molecule has 3 heterocycles. The van der Waals surface area contributed by atoms with Crippen LogP contribution in [-0.4, -0.2) is 49.7 Å². The molecule has 2 aromatic rings. The summed E-state index contributed by atoms with van der Waals surface area (Å²) in [5, 5.41) is 20.2. The third-order valence-corrected chi connectivity index (χ3v) is 5.30. The maximum absolute atomic E-state index is 12.7. The first-order chi connectivity index (χ1) is 12.6. The van der Waals surface area contributed by atoms with E-state index in [0.717, 1.165) is 25.0 Å². The van der Waals surface area contributed by atoms with Gasteiger partial charge < -0.3 is 14.8 Å². The molecule has 0 aromatic carbocycles. The number of carbonyl (C=O) groups is 1. The van der Waals surface area contributed by atoms with E-state index in [1.54, 1.807) is 18.5 Å². The van der Waals surface area contributed by atoms with E-state index >= 15 is 0 Å². The number of nitrogens with one attached hydrogen (secondary N) is 1. The minimum Gasteiger partial charge on any atom is -0.363 e. The molecule has 4 rings (SSSR count). The van der Waals surface area contributed by atoms with Gasteiger partial charge in [-0.1, -0.05) is 6.42 Å². The van der Waals surface area contributed by atoms with Gasteiger partial charge in [0.05, 0.1) is 18.1 Å². The Kier molecular flexibility index (Phi) is 4.29. The summed E-state index contributed by atoms with van der Waals surface area (Å²) < 4.78 is 1.92. The fourth-order valence-corrected chi connectivity index (χ4v) is 3.63. The van der Waals surface area contributed by atoms with Crippen molar-refractivity contribution in [2.45, 2.75) is 31.2 Å². The Morgan fingerprint density at radius 1 is 1.31 bits per heavy atom. The first-order valence-corrected chi connectivity index (χ1v) is 8.91. The van der Waals surface area contributed by atoms with Crippen molar-refractivity contribution in [3.05, 3.63) is 36.0 Å². The standard InChI is InChI=1S/C18H21N7O/c1-24-9-15(20-11-24)14-8-25(18(26)12-3-2-4-12)10-16(14)21-17-6-5-13(7-19)22-23-17/h5-6,9,11-12,14,16H,2-4,8,10H2,1H3,(H,21,23)/t14-,16+/m0/s1. The molecule has 8 nitrogen and oxygen atoms in total. The molecule has 1 saturated heterocycles. The molecule has 1 amide bonds. The van der Waals surface area contributed by atoms with Crippen LogP contribution in [0.5, 0.6) is 0 Å². The molecule has 1 N–H and O–H groups in total. The third kappa shape index (κ3) is 3.12. The van der Waals surface area contributed by atoms with Gasteiger partial charge >= 0.3 is 0 Å². The maximum Gasteiger partial charge on any atom is 0.225 e. The topological polar surface area (TPSA) is 99.7 Å². The molecule has 0 radical (unpaired) electrons. The molecule has 0 bridgehead atoms. The van der Waals surface area contributed by atoms with Gasteiger partial charge in [-0.05, 0) is 25.0 Å². The molecular formula is C18H21N7O. The summed E-state index contributed by atoms with van der Waals surface area (Å²) in [4.78, 5) is 19.2. The average Bonchev–Trinajstić information content (AvgIpc) is 3.20. The molecule has 0 spiro atoms. The number of rotatable bonds is 4. The van der Waals surface area contributed by atoms with Gasteiger partial charge in [-0.25, -0.2) is 4.98 Å². The van der Waals surface area contributed by atoms with Crippen molar-refractivity contribution in [3.8, 4) is 6.07 Å². The van der Waals surface area contributed by atoms with Gasteiger partial charge in [0.15, 0.2) is 5.69 Å². The number of carbonyl (C=O) groups excluding carboxylic acids is 1. The Bertz CT molecular complexity index is 834. The second kappa shape index (κ2) is 6.75. The van der Waals surface area contributed by atoms with Crippen LogP contribution in [-0.2, 0) is 11.8 Å². The molecule has 2 atom stereocenters. The van der Waals surface area contributed by atoms with Crippen LogP contribution in [0.2, 0.25) is 0 Å². The number of aromatic nitrogens is 4. The van der Waals surface area contributed by atoms with Crippen molar-refractivity contribution < 1.29 is 4.79 Å². The highest BCUT2D eigenvalue weighted by atomic mass is 16.2. The highest BCUT2D eigenvalue weighted by molar-refractivity contribution is 5.80. The average molecular weight is 351 g/mol. The van der Waals surface area contributed by atoms with Crippen LogP contribution in [0.15, 0.2) is 24.7 Å². The zero-order chi connectivity index (χ0) is 18.1. The summed E-state index contributed by atoms with van der Waals surface area (Å²) in [7, 11) is 1.94. The molecule has 8 heteroatoms. The fraction of sp³-hybridized carbons (Fsp3) is 0.500. The Labute approximate surface area is 151 Å². The van der Waals surface area contributed by atoms with Crippen LogP contribution in [0.3, 0.4) is 0 Å². The molecule has 2 aliphatic rings. The van der Waals surface area contributed by atoms with E-state index in [4.69, 9.17) is 5.26 Å². The van der Waals surface area contributed by atoms with Crippen molar-refractivity contribution in [1.29, 1.82) is 5.26 Å². The van der Waals surface area contributed by atoms with E-state index in [2.05, 4.69) is 20.5 Å². The SMILES string of the molecule is Cn1cnc([C@@H]2CN(C(=O)C3CCC3)C[C@H]2Nc2ccc(C#N)nn2)c1. The van der Waals surface area contributed by atoms with Crippen LogP contribution in [0.1, 0.15) is 36.6 Å². The summed E-state index contributed by atoms with van der Waals surface area (Å²) >= 11 is 0. The van der Waals surface area contributed by atoms with Gasteiger partial charge in [-0.15, -0.1) is 10.2 Å². The lowest BCUT2D eigenvalue weighted by Gasteiger charge is -2.29. The molecule has 134 valence electrons. The lowest BCUT2D eigenvalue weighted by Crippen LogP contribution is -2.38. The van der Waals surface area contributed by atoms with Crippen molar-refractivity contribution in [2.24, 2.45) is 13.0 Å². The van der Waals surface area contributed by atoms with Gasteiger partial charge in [0.1, 0.15) is 11.9 Å². The van der Waals surface area contributed by atoms with E-state index in [1.165, 1.54) is 0 Å². The van der Waals surface area contributed by atoms with Crippen LogP contribution in [0.25, 0.3) is 0 Å². The van der Waals surface area contributed by atoms with Gasteiger partial charge in [-0.3, -0.25) is 4.79 Å². The van der Waals surface area contributed by atoms with Crippen molar-refractivity contribution in [2.75, 3.05) is 18.4 Å². The van der Waals surface area contributed by atoms with E-state index in [1.807, 2.05) is 28.8 Å². The first-order valence-electron chi connectivity index (χ1n) is 8.91. The molecule has 1 aliphatic carbocycles. The number of likely N-dealkylation sites (tertiary alicyclic amines) is 1. The lowest BCUT2D eigenvalue weighted by atomic mass is 9.84. The van der Waals surface area contributed by atoms with E-state index in [0.29, 0.717) is 18.9 Å². The number of nitriles is 1. The molecule has 0 unspecified atom stereocenters. The van der Waals surface area contributed by atoms with Crippen molar-refractivity contribution >= 4 is 11.7 Å². The second-order valence-corrected chi connectivity index (χ2v) is 7.11. The molecule has 2 aromatic heterocycles. The van der Waals surface area contributed by atoms with Crippen LogP contribution >= 0.6 is 0 Å². The van der Waals surface area contributed by atoms with Crippen molar-refractivity contribution in [3.63, 3.8) is 0 Å². The molecular weight excluding hydrogens is 330 g/mol. The minimum atomic E-state index is 0.0103. The number of aryl methyl sites for hydroxylation is 1. The quantitative estimate of drug-likeness (QED) is 0.891. The fourth-order valence-electron chi connectivity index (χ4n) is 3.63. The summed E-state index contributed by atoms with van der Waals surface area (Å²) in [5.74, 6) is 1.14. The zero-order valence-electron chi connectivity index (χ0n) is 14.7. The van der Waals surface area contributed by atoms with Gasteiger partial charge in [-0.2, -0.15) is 5.26 Å². The zero-order valence-corrected chi connectivity index (χ0v) is 14.7. The van der Waals surface area contributed by atoms with Crippen molar-refractivity contribution in [1.82, 2.24) is 24.6 Å². The Morgan fingerprint density at radius 3 is 2.73 bits per heavy atom. The van der Waals surface area contributed by atoms with E-state index in [9.17, 15) is 4.79 Å². The molecule has 26 heavy (non-hydrogen) atoms. The van der Waals surface area contributed by atoms with Gasteiger partial charge in [0.2, 0.25) is 5.91 Å². The monoisotopic (exact) mass is 351 g/mol. The third-order valence-electron chi connectivity index (χ3n) is 5.30. The number of hydrogen-bond donors (Lipinski definition) is 1. The maximum atomic E-state index is 12.7. The Morgan fingerprint density at radius 2 is 2.15 bits per heavy atom. The normalized spacial score (nSPS) is 22.7. The predicted octanol–water partition coefficient (Wildman–Crippen LogP) is 1.29. The highest BCUT2D eigenvalue weighted by Gasteiger charge is 2.40. The number of amides is 1. The molecule has 1 aliphatic heterocycles. The smallest absolute Gasteiger partial charge is 0.225 e. The summed E-state index contributed by atoms with van der Waals surface area (Å²) in [5.41, 5.74) is 1.25. The van der Waals surface area contributed by atoms with Crippen LogP contribution in [0.4, 0.5) is 5.82 Å². The molecule has 1 saturated carbocycles. The van der Waals surface area contributed by atoms with E-state index in [-0.39, 0.29) is 29.5 Å². The number of anilines is 1. The predicted molar refractivity (Wildman–Crippen MR) is 94.0 cm³/mol. The number of nitrogens with zero attached hydrogens (tertiary/aromatic N) is 6. The Hall–Kier alpha value is -2.95. The summed E-state index contributed by atoms with van der Waals surface area (Å²) in [6.07, 6.45) is 6.94. The lowest BCUT2D eigenvalue weighted by molar-refractivity contribution is -0.137. The largest absolute Gasteiger partial charge is 0.363 e. The number of imidazole rings is 1. The Balaban J connectivity index is 1.54. The summed E-state index contributed by atoms with van der Waals surface area (Å²) in [6, 6.07) is 5.36. The van der Waals surface area contributed by atoms with Crippen LogP contribution in [0, 0.1) is 17.2 Å². The first kappa shape index (κ1) is 16.5. The number of hydrogen-bond acceptors (Lipinski definition) is 6. The highest BCUT2D eigenvalue weighted by Crippen LogP contribution is 2.34. The second-order valence-electron chi connectivity index (χ2n) is 7.11. The van der Waals surface area contributed by atoms with E-state index < -0.39 is 0 Å².